The number of para-hydroxylation sites is 1. The van der Waals surface area contributed by atoms with Gasteiger partial charge in [0.1, 0.15) is 23.3 Å². The van der Waals surface area contributed by atoms with E-state index in [4.69, 9.17) is 10.7 Å². The van der Waals surface area contributed by atoms with E-state index in [1.807, 2.05) is 36.4 Å². The molecule has 0 spiro atoms. The topological polar surface area (TPSA) is 125 Å². The molecule has 2 aromatic heterocycles. The van der Waals surface area contributed by atoms with E-state index in [1.54, 1.807) is 12.1 Å². The molecule has 1 aliphatic heterocycles. The fraction of sp³-hybridized carbons (Fsp3) is 0.192. The number of benzene rings is 2. The van der Waals surface area contributed by atoms with Crippen LogP contribution in [0.2, 0.25) is 0 Å². The van der Waals surface area contributed by atoms with Crippen LogP contribution in [-0.4, -0.2) is 53.0 Å². The smallest absolute Gasteiger partial charge is 0.269 e. The van der Waals surface area contributed by atoms with E-state index in [-0.39, 0.29) is 17.1 Å². The van der Waals surface area contributed by atoms with Gasteiger partial charge in [-0.15, -0.1) is 0 Å². The summed E-state index contributed by atoms with van der Waals surface area (Å²) in [6.07, 6.45) is 0. The number of nitriles is 1. The molecule has 174 valence electrons. The molecule has 0 atom stereocenters. The van der Waals surface area contributed by atoms with Gasteiger partial charge >= 0.3 is 0 Å². The summed E-state index contributed by atoms with van der Waals surface area (Å²) in [5.74, 6) is 0.907. The number of nitrogens with two attached hydrogens (primary N) is 1. The van der Waals surface area contributed by atoms with Crippen molar-refractivity contribution in [2.24, 2.45) is 0 Å². The second kappa shape index (κ2) is 9.00. The Kier molecular flexibility index (Phi) is 5.73. The zero-order valence-corrected chi connectivity index (χ0v) is 19.2. The summed E-state index contributed by atoms with van der Waals surface area (Å²) >= 11 is 0. The number of fused-ring (bicyclic) bond motifs is 1. The molecule has 0 unspecified atom stereocenters. The number of likely N-dealkylation sites (N-methyl/N-ethyl adjacent to an activating group) is 1. The van der Waals surface area contributed by atoms with E-state index in [0.29, 0.717) is 16.8 Å². The summed E-state index contributed by atoms with van der Waals surface area (Å²) in [6.45, 7) is 3.44. The molecule has 2 N–H and O–H groups in total. The van der Waals surface area contributed by atoms with Crippen LogP contribution in [0.15, 0.2) is 60.7 Å². The van der Waals surface area contributed by atoms with Crippen LogP contribution in [0, 0.1) is 21.4 Å². The largest absolute Gasteiger partial charge is 0.383 e. The van der Waals surface area contributed by atoms with E-state index in [2.05, 4.69) is 27.9 Å². The van der Waals surface area contributed by atoms with Gasteiger partial charge in [-0.2, -0.15) is 5.26 Å². The molecule has 1 fully saturated rings. The third-order valence-electron chi connectivity index (χ3n) is 6.33. The molecule has 0 aliphatic carbocycles. The normalized spacial score (nSPS) is 14.1. The van der Waals surface area contributed by atoms with Crippen molar-refractivity contribution in [2.45, 2.75) is 0 Å². The number of non-ortho nitro benzene ring substituents is 1. The van der Waals surface area contributed by atoms with Crippen molar-refractivity contribution in [2.75, 3.05) is 43.9 Å². The molecule has 9 nitrogen and oxygen atoms in total. The van der Waals surface area contributed by atoms with Crippen LogP contribution in [0.5, 0.6) is 0 Å². The molecule has 5 rings (SSSR count). The second-order valence-electron chi connectivity index (χ2n) is 8.57. The Morgan fingerprint density at radius 1 is 1.00 bits per heavy atom. The van der Waals surface area contributed by atoms with Gasteiger partial charge in [-0.25, -0.2) is 9.97 Å². The van der Waals surface area contributed by atoms with Gasteiger partial charge < -0.3 is 15.5 Å². The number of nitrogen functional groups attached to an aromatic ring is 1. The molecule has 0 bridgehead atoms. The van der Waals surface area contributed by atoms with Crippen molar-refractivity contribution < 1.29 is 4.92 Å². The van der Waals surface area contributed by atoms with E-state index in [9.17, 15) is 15.4 Å². The first-order valence-electron chi connectivity index (χ1n) is 11.2. The van der Waals surface area contributed by atoms with Crippen LogP contribution in [0.25, 0.3) is 33.3 Å². The highest BCUT2D eigenvalue weighted by Crippen LogP contribution is 2.38. The maximum atomic E-state index is 11.1. The van der Waals surface area contributed by atoms with E-state index < -0.39 is 4.92 Å². The lowest BCUT2D eigenvalue weighted by atomic mass is 9.97. The lowest BCUT2D eigenvalue weighted by molar-refractivity contribution is -0.384. The van der Waals surface area contributed by atoms with Crippen molar-refractivity contribution in [1.82, 2.24) is 14.9 Å². The second-order valence-corrected chi connectivity index (χ2v) is 8.57. The number of hydrogen-bond donors (Lipinski definition) is 1. The maximum Gasteiger partial charge on any atom is 0.269 e. The van der Waals surface area contributed by atoms with Crippen molar-refractivity contribution in [3.8, 4) is 28.5 Å². The van der Waals surface area contributed by atoms with Gasteiger partial charge in [-0.1, -0.05) is 18.2 Å². The summed E-state index contributed by atoms with van der Waals surface area (Å²) in [7, 11) is 2.10. The lowest BCUT2D eigenvalue weighted by Crippen LogP contribution is -2.45. The predicted octanol–water partition coefficient (Wildman–Crippen LogP) is 4.08. The minimum Gasteiger partial charge on any atom is -0.383 e. The molecule has 0 radical (unpaired) electrons. The molecule has 1 aliphatic rings. The Balaban J connectivity index is 1.71. The minimum atomic E-state index is -0.446. The van der Waals surface area contributed by atoms with Crippen LogP contribution >= 0.6 is 0 Å². The Morgan fingerprint density at radius 3 is 2.40 bits per heavy atom. The summed E-state index contributed by atoms with van der Waals surface area (Å²) < 4.78 is 0. The molecule has 3 heterocycles. The monoisotopic (exact) mass is 465 g/mol. The number of nitro groups is 1. The fourth-order valence-corrected chi connectivity index (χ4v) is 4.36. The number of aromatic nitrogens is 2. The van der Waals surface area contributed by atoms with E-state index in [0.717, 1.165) is 48.5 Å². The maximum absolute atomic E-state index is 11.1. The zero-order valence-electron chi connectivity index (χ0n) is 19.2. The number of rotatable bonds is 4. The molecule has 0 amide bonds. The Morgan fingerprint density at radius 2 is 1.71 bits per heavy atom. The number of nitro benzene ring substituents is 1. The quantitative estimate of drug-likeness (QED) is 0.353. The zero-order chi connectivity index (χ0) is 24.5. The highest BCUT2D eigenvalue weighted by molar-refractivity contribution is 5.93. The number of piperazine rings is 1. The standard InChI is InChI=1S/C26H23N7O2/c1-31-10-12-32(13-11-31)26-21(14-18-4-2-3-5-23(18)30-26)20-15-24(29-25(28)22(20)16-27)17-6-8-19(9-7-17)33(34)35/h2-9,14-15H,10-13H2,1H3,(H2,28,29). The van der Waals surface area contributed by atoms with Gasteiger partial charge in [0.15, 0.2) is 0 Å². The van der Waals surface area contributed by atoms with Crippen molar-refractivity contribution in [3.05, 3.63) is 76.3 Å². The molecule has 2 aromatic carbocycles. The molecular weight excluding hydrogens is 442 g/mol. The highest BCUT2D eigenvalue weighted by atomic mass is 16.6. The minimum absolute atomic E-state index is 0.00771. The van der Waals surface area contributed by atoms with Crippen LogP contribution in [-0.2, 0) is 0 Å². The number of anilines is 2. The summed E-state index contributed by atoms with van der Waals surface area (Å²) in [4.78, 5) is 24.6. The Bertz CT molecular complexity index is 1470. The van der Waals surface area contributed by atoms with Crippen LogP contribution in [0.1, 0.15) is 5.56 Å². The van der Waals surface area contributed by atoms with Gasteiger partial charge in [0.05, 0.1) is 16.1 Å². The molecule has 9 heteroatoms. The number of hydrogen-bond acceptors (Lipinski definition) is 8. The third-order valence-corrected chi connectivity index (χ3v) is 6.33. The van der Waals surface area contributed by atoms with Gasteiger partial charge in [0.2, 0.25) is 0 Å². The number of pyridine rings is 2. The number of nitrogens with zero attached hydrogens (tertiary/aromatic N) is 6. The summed E-state index contributed by atoms with van der Waals surface area (Å²) in [6, 6.07) is 20.1. The van der Waals surface area contributed by atoms with Crippen LogP contribution in [0.3, 0.4) is 0 Å². The first kappa shape index (κ1) is 22.3. The predicted molar refractivity (Wildman–Crippen MR) is 136 cm³/mol. The average Bonchev–Trinajstić information content (AvgIpc) is 2.88. The van der Waals surface area contributed by atoms with Crippen LogP contribution < -0.4 is 10.6 Å². The molecule has 0 saturated carbocycles. The van der Waals surface area contributed by atoms with E-state index in [1.165, 1.54) is 12.1 Å². The third kappa shape index (κ3) is 4.23. The van der Waals surface area contributed by atoms with Gasteiger partial charge in [0.25, 0.3) is 5.69 Å². The van der Waals surface area contributed by atoms with E-state index >= 15 is 0 Å². The molecular formula is C26H23N7O2. The fourth-order valence-electron chi connectivity index (χ4n) is 4.36. The van der Waals surface area contributed by atoms with Crippen molar-refractivity contribution in [1.29, 1.82) is 5.26 Å². The Hall–Kier alpha value is -4.55. The molecule has 4 aromatic rings. The first-order valence-corrected chi connectivity index (χ1v) is 11.2. The molecule has 35 heavy (non-hydrogen) atoms. The summed E-state index contributed by atoms with van der Waals surface area (Å²) in [5.41, 5.74) is 10.1. The molecule has 1 saturated heterocycles. The lowest BCUT2D eigenvalue weighted by Gasteiger charge is -2.34. The SMILES string of the molecule is CN1CCN(c2nc3ccccc3cc2-c2cc(-c3ccc([N+](=O)[O-])cc3)nc(N)c2C#N)CC1. The van der Waals surface area contributed by atoms with Crippen molar-refractivity contribution >= 4 is 28.2 Å². The average molecular weight is 466 g/mol. The first-order chi connectivity index (χ1) is 16.9. The highest BCUT2D eigenvalue weighted by Gasteiger charge is 2.23. The Labute approximate surface area is 202 Å². The van der Waals surface area contributed by atoms with Crippen LogP contribution in [0.4, 0.5) is 17.3 Å². The van der Waals surface area contributed by atoms with Gasteiger partial charge in [-0.05, 0) is 37.4 Å². The summed E-state index contributed by atoms with van der Waals surface area (Å²) in [5, 5.41) is 22.0. The van der Waals surface area contributed by atoms with Gasteiger partial charge in [-0.3, -0.25) is 10.1 Å². The van der Waals surface area contributed by atoms with Crippen molar-refractivity contribution in [3.63, 3.8) is 0 Å². The van der Waals surface area contributed by atoms with Gasteiger partial charge in [0, 0.05) is 60.4 Å².